The molecule has 0 unspecified atom stereocenters. The molecule has 112 valence electrons. The molecular weight excluding hydrogens is 299 g/mol. The van der Waals surface area contributed by atoms with Crippen molar-refractivity contribution < 1.29 is 13.9 Å². The first-order valence-electron chi connectivity index (χ1n) is 6.32. The van der Waals surface area contributed by atoms with Crippen molar-refractivity contribution in [1.29, 1.82) is 0 Å². The molecular formula is C13H14ClFN4O2. The molecule has 0 saturated heterocycles. The van der Waals surface area contributed by atoms with Crippen LogP contribution in [-0.4, -0.2) is 28.6 Å². The summed E-state index contributed by atoms with van der Waals surface area (Å²) in [6, 6.07) is 4.44. The van der Waals surface area contributed by atoms with Gasteiger partial charge in [0.25, 0.3) is 0 Å². The smallest absolute Gasteiger partial charge is 0.330 e. The zero-order valence-corrected chi connectivity index (χ0v) is 12.3. The quantitative estimate of drug-likeness (QED) is 0.882. The lowest BCUT2D eigenvalue weighted by atomic mass is 10.3. The van der Waals surface area contributed by atoms with Crippen LogP contribution in [0.5, 0.6) is 17.8 Å². The van der Waals surface area contributed by atoms with Crippen molar-refractivity contribution in [2.75, 3.05) is 19.0 Å². The van der Waals surface area contributed by atoms with Crippen LogP contribution >= 0.6 is 11.6 Å². The molecule has 0 saturated carbocycles. The Morgan fingerprint density at radius 2 is 2.00 bits per heavy atom. The standard InChI is InChI=1S/C13H14ClFN4O2/c1-3-7-20-12-17-11(16-2)18-13(19-12)21-9-6-4-5-8(14)10(9)15/h4-6H,3,7H2,1-2H3,(H,16,17,18,19). The Balaban J connectivity index is 2.28. The van der Waals surface area contributed by atoms with Gasteiger partial charge >= 0.3 is 12.0 Å². The largest absolute Gasteiger partial charge is 0.463 e. The molecule has 2 rings (SSSR count). The van der Waals surface area contributed by atoms with Crippen LogP contribution in [0.25, 0.3) is 0 Å². The first-order chi connectivity index (χ1) is 10.1. The summed E-state index contributed by atoms with van der Waals surface area (Å²) in [5, 5.41) is 2.71. The van der Waals surface area contributed by atoms with Crippen LogP contribution in [0.3, 0.4) is 0 Å². The number of aromatic nitrogens is 3. The monoisotopic (exact) mass is 312 g/mol. The predicted octanol–water partition coefficient (Wildman–Crippen LogP) is 3.29. The Hall–Kier alpha value is -2.15. The second kappa shape index (κ2) is 7.03. The van der Waals surface area contributed by atoms with E-state index in [1.165, 1.54) is 12.1 Å². The molecule has 0 atom stereocenters. The van der Waals surface area contributed by atoms with Crippen molar-refractivity contribution in [3.8, 4) is 17.8 Å². The fourth-order valence-corrected chi connectivity index (χ4v) is 1.58. The second-order valence-electron chi connectivity index (χ2n) is 3.98. The van der Waals surface area contributed by atoms with E-state index in [9.17, 15) is 4.39 Å². The molecule has 1 aromatic carbocycles. The number of rotatable bonds is 6. The molecule has 0 aliphatic heterocycles. The summed E-state index contributed by atoms with van der Waals surface area (Å²) in [6.07, 6.45) is 0.805. The summed E-state index contributed by atoms with van der Waals surface area (Å²) < 4.78 is 24.4. The number of benzene rings is 1. The molecule has 0 bridgehead atoms. The van der Waals surface area contributed by atoms with Crippen LogP contribution < -0.4 is 14.8 Å². The Morgan fingerprint density at radius 1 is 1.24 bits per heavy atom. The van der Waals surface area contributed by atoms with Gasteiger partial charge in [-0.3, -0.25) is 0 Å². The van der Waals surface area contributed by atoms with Crippen molar-refractivity contribution >= 4 is 17.5 Å². The highest BCUT2D eigenvalue weighted by Gasteiger charge is 2.13. The van der Waals surface area contributed by atoms with Crippen LogP contribution in [0, 0.1) is 5.82 Å². The zero-order valence-electron chi connectivity index (χ0n) is 11.6. The van der Waals surface area contributed by atoms with Crippen molar-refractivity contribution in [3.05, 3.63) is 29.0 Å². The van der Waals surface area contributed by atoms with Gasteiger partial charge in [0.15, 0.2) is 11.6 Å². The number of nitrogens with zero attached hydrogens (tertiary/aromatic N) is 3. The van der Waals surface area contributed by atoms with Crippen LogP contribution in [0.4, 0.5) is 10.3 Å². The molecule has 1 N–H and O–H groups in total. The van der Waals surface area contributed by atoms with Crippen molar-refractivity contribution in [3.63, 3.8) is 0 Å². The maximum absolute atomic E-state index is 13.8. The molecule has 0 amide bonds. The van der Waals surface area contributed by atoms with E-state index in [4.69, 9.17) is 21.1 Å². The lowest BCUT2D eigenvalue weighted by Crippen LogP contribution is -2.06. The molecule has 0 aliphatic rings. The molecule has 0 radical (unpaired) electrons. The SMILES string of the molecule is CCCOc1nc(NC)nc(Oc2cccc(Cl)c2F)n1. The van der Waals surface area contributed by atoms with Crippen LogP contribution in [0.1, 0.15) is 13.3 Å². The summed E-state index contributed by atoms with van der Waals surface area (Å²) in [7, 11) is 1.64. The normalized spacial score (nSPS) is 10.3. The van der Waals surface area contributed by atoms with Crippen molar-refractivity contribution in [1.82, 2.24) is 15.0 Å². The Labute approximate surface area is 126 Å². The lowest BCUT2D eigenvalue weighted by molar-refractivity contribution is 0.284. The molecule has 2 aromatic rings. The number of halogens is 2. The van der Waals surface area contributed by atoms with E-state index in [0.717, 1.165) is 6.42 Å². The van der Waals surface area contributed by atoms with Gasteiger partial charge in [0, 0.05) is 7.05 Å². The van der Waals surface area contributed by atoms with Gasteiger partial charge in [0.2, 0.25) is 5.95 Å². The zero-order chi connectivity index (χ0) is 15.2. The summed E-state index contributed by atoms with van der Waals surface area (Å²) in [5.41, 5.74) is 0. The lowest BCUT2D eigenvalue weighted by Gasteiger charge is -2.09. The Kier molecular flexibility index (Phi) is 5.10. The third-order valence-electron chi connectivity index (χ3n) is 2.37. The molecule has 21 heavy (non-hydrogen) atoms. The molecule has 0 aliphatic carbocycles. The Morgan fingerprint density at radius 3 is 2.71 bits per heavy atom. The molecule has 8 heteroatoms. The predicted molar refractivity (Wildman–Crippen MR) is 76.6 cm³/mol. The van der Waals surface area contributed by atoms with E-state index in [1.54, 1.807) is 13.1 Å². The van der Waals surface area contributed by atoms with E-state index in [2.05, 4.69) is 20.3 Å². The van der Waals surface area contributed by atoms with Gasteiger partial charge in [-0.1, -0.05) is 24.6 Å². The summed E-state index contributed by atoms with van der Waals surface area (Å²) in [6.45, 7) is 2.41. The van der Waals surface area contributed by atoms with E-state index < -0.39 is 5.82 Å². The minimum Gasteiger partial charge on any atom is -0.463 e. The van der Waals surface area contributed by atoms with Gasteiger partial charge in [-0.2, -0.15) is 9.97 Å². The number of hydrogen-bond donors (Lipinski definition) is 1. The first kappa shape index (κ1) is 15.2. The van der Waals surface area contributed by atoms with Gasteiger partial charge in [-0.15, -0.1) is 4.98 Å². The van der Waals surface area contributed by atoms with E-state index in [0.29, 0.717) is 6.61 Å². The highest BCUT2D eigenvalue weighted by Crippen LogP contribution is 2.27. The fraction of sp³-hybridized carbons (Fsp3) is 0.308. The van der Waals surface area contributed by atoms with Gasteiger partial charge < -0.3 is 14.8 Å². The van der Waals surface area contributed by atoms with Crippen molar-refractivity contribution in [2.24, 2.45) is 0 Å². The van der Waals surface area contributed by atoms with Gasteiger partial charge in [-0.05, 0) is 18.6 Å². The molecule has 1 aromatic heterocycles. The number of ether oxygens (including phenoxy) is 2. The first-order valence-corrected chi connectivity index (χ1v) is 6.70. The van der Waals surface area contributed by atoms with Gasteiger partial charge in [0.1, 0.15) is 0 Å². The third kappa shape index (κ3) is 3.91. The third-order valence-corrected chi connectivity index (χ3v) is 2.66. The number of anilines is 1. The number of hydrogen-bond acceptors (Lipinski definition) is 6. The minimum atomic E-state index is -0.679. The Bertz CT molecular complexity index is 627. The highest BCUT2D eigenvalue weighted by molar-refractivity contribution is 6.30. The maximum Gasteiger partial charge on any atom is 0.330 e. The van der Waals surface area contributed by atoms with Crippen LogP contribution in [0.15, 0.2) is 18.2 Å². The minimum absolute atomic E-state index is 0.0437. The van der Waals surface area contributed by atoms with Gasteiger partial charge in [0.05, 0.1) is 11.6 Å². The van der Waals surface area contributed by atoms with E-state index >= 15 is 0 Å². The van der Waals surface area contributed by atoms with Crippen LogP contribution in [-0.2, 0) is 0 Å². The van der Waals surface area contributed by atoms with E-state index in [1.807, 2.05) is 6.92 Å². The molecule has 0 fully saturated rings. The summed E-state index contributed by atoms with van der Waals surface area (Å²) >= 11 is 5.69. The maximum atomic E-state index is 13.8. The number of nitrogens with one attached hydrogen (secondary N) is 1. The average Bonchev–Trinajstić information content (AvgIpc) is 2.49. The molecule has 1 heterocycles. The average molecular weight is 313 g/mol. The molecule has 0 spiro atoms. The second-order valence-corrected chi connectivity index (χ2v) is 4.38. The fourth-order valence-electron chi connectivity index (χ4n) is 1.41. The summed E-state index contributed by atoms with van der Waals surface area (Å²) in [4.78, 5) is 12.0. The van der Waals surface area contributed by atoms with Gasteiger partial charge in [-0.25, -0.2) is 4.39 Å². The highest BCUT2D eigenvalue weighted by atomic mass is 35.5. The molecule has 6 nitrogen and oxygen atoms in total. The summed E-state index contributed by atoms with van der Waals surface area (Å²) in [5.74, 6) is -0.493. The van der Waals surface area contributed by atoms with Crippen molar-refractivity contribution in [2.45, 2.75) is 13.3 Å². The van der Waals surface area contributed by atoms with Crippen LogP contribution in [0.2, 0.25) is 5.02 Å². The van der Waals surface area contributed by atoms with E-state index in [-0.39, 0.29) is 28.7 Å². The topological polar surface area (TPSA) is 69.2 Å².